The Bertz CT molecular complexity index is 340. The van der Waals surface area contributed by atoms with Gasteiger partial charge in [0.15, 0.2) is 0 Å². The van der Waals surface area contributed by atoms with Crippen molar-refractivity contribution >= 4 is 11.6 Å². The van der Waals surface area contributed by atoms with Crippen LogP contribution in [0, 0.1) is 5.92 Å². The van der Waals surface area contributed by atoms with Crippen molar-refractivity contribution in [2.45, 2.75) is 51.5 Å². The predicted octanol–water partition coefficient (Wildman–Crippen LogP) is 3.11. The van der Waals surface area contributed by atoms with E-state index in [1.807, 2.05) is 0 Å². The van der Waals surface area contributed by atoms with Crippen LogP contribution in [0.15, 0.2) is 0 Å². The fourth-order valence-electron chi connectivity index (χ4n) is 2.38. The van der Waals surface area contributed by atoms with Crippen molar-refractivity contribution in [2.75, 3.05) is 0 Å². The standard InChI is InChI=1S/C11H18ClN3/c1-7(2)15-10(6-12)13-14-11(15)9-4-8(3)5-9/h7-9H,4-6H2,1-3H3. The van der Waals surface area contributed by atoms with Crippen LogP contribution >= 0.6 is 11.6 Å². The molecule has 0 aromatic carbocycles. The van der Waals surface area contributed by atoms with Crippen molar-refractivity contribution in [3.8, 4) is 0 Å². The maximum atomic E-state index is 5.86. The third-order valence-corrected chi connectivity index (χ3v) is 3.41. The van der Waals surface area contributed by atoms with E-state index in [0.717, 1.165) is 17.6 Å². The normalized spacial score (nSPS) is 25.7. The van der Waals surface area contributed by atoms with E-state index in [-0.39, 0.29) is 0 Å². The third kappa shape index (κ3) is 1.89. The topological polar surface area (TPSA) is 30.7 Å². The molecule has 3 nitrogen and oxygen atoms in total. The molecule has 0 saturated heterocycles. The highest BCUT2D eigenvalue weighted by molar-refractivity contribution is 6.16. The summed E-state index contributed by atoms with van der Waals surface area (Å²) in [5, 5.41) is 8.46. The molecule has 1 heterocycles. The number of hydrogen-bond donors (Lipinski definition) is 0. The Balaban J connectivity index is 2.27. The number of aromatic nitrogens is 3. The highest BCUT2D eigenvalue weighted by atomic mass is 35.5. The van der Waals surface area contributed by atoms with Crippen LogP contribution in [0.25, 0.3) is 0 Å². The highest BCUT2D eigenvalue weighted by Crippen LogP contribution is 2.41. The van der Waals surface area contributed by atoms with Gasteiger partial charge in [0.25, 0.3) is 0 Å². The molecule has 1 aromatic heterocycles. The van der Waals surface area contributed by atoms with Crippen LogP contribution in [-0.2, 0) is 5.88 Å². The smallest absolute Gasteiger partial charge is 0.148 e. The average Bonchev–Trinajstić information content (AvgIpc) is 2.55. The molecule has 1 saturated carbocycles. The van der Waals surface area contributed by atoms with Crippen LogP contribution in [0.3, 0.4) is 0 Å². The van der Waals surface area contributed by atoms with E-state index in [0.29, 0.717) is 17.8 Å². The number of hydrogen-bond acceptors (Lipinski definition) is 2. The van der Waals surface area contributed by atoms with Gasteiger partial charge in [-0.15, -0.1) is 21.8 Å². The van der Waals surface area contributed by atoms with E-state index >= 15 is 0 Å². The summed E-state index contributed by atoms with van der Waals surface area (Å²) >= 11 is 5.86. The van der Waals surface area contributed by atoms with Crippen molar-refractivity contribution < 1.29 is 0 Å². The lowest BCUT2D eigenvalue weighted by Crippen LogP contribution is -2.23. The summed E-state index contributed by atoms with van der Waals surface area (Å²) in [4.78, 5) is 0. The van der Waals surface area contributed by atoms with Crippen molar-refractivity contribution in [3.63, 3.8) is 0 Å². The van der Waals surface area contributed by atoms with Gasteiger partial charge < -0.3 is 4.57 Å². The molecule has 0 radical (unpaired) electrons. The monoisotopic (exact) mass is 227 g/mol. The van der Waals surface area contributed by atoms with Crippen molar-refractivity contribution in [3.05, 3.63) is 11.6 Å². The van der Waals surface area contributed by atoms with E-state index < -0.39 is 0 Å². The lowest BCUT2D eigenvalue weighted by atomic mass is 9.75. The minimum Gasteiger partial charge on any atom is -0.311 e. The summed E-state index contributed by atoms with van der Waals surface area (Å²) < 4.78 is 2.20. The molecule has 1 aromatic rings. The first kappa shape index (κ1) is 10.9. The Kier molecular flexibility index (Phi) is 3.01. The Morgan fingerprint density at radius 2 is 2.07 bits per heavy atom. The van der Waals surface area contributed by atoms with Gasteiger partial charge in [-0.1, -0.05) is 6.92 Å². The molecule has 0 atom stereocenters. The second kappa shape index (κ2) is 4.12. The van der Waals surface area contributed by atoms with E-state index in [1.54, 1.807) is 0 Å². The molecule has 1 fully saturated rings. The number of halogens is 1. The Labute approximate surface area is 95.8 Å². The zero-order valence-electron chi connectivity index (χ0n) is 9.57. The molecule has 15 heavy (non-hydrogen) atoms. The maximum absolute atomic E-state index is 5.86. The molecule has 0 aliphatic heterocycles. The van der Waals surface area contributed by atoms with Crippen LogP contribution in [0.5, 0.6) is 0 Å². The zero-order valence-corrected chi connectivity index (χ0v) is 10.3. The molecule has 0 unspecified atom stereocenters. The largest absolute Gasteiger partial charge is 0.311 e. The molecule has 1 aliphatic rings. The second-order valence-corrected chi connectivity index (χ2v) is 5.11. The second-order valence-electron chi connectivity index (χ2n) is 4.85. The lowest BCUT2D eigenvalue weighted by molar-refractivity contribution is 0.268. The number of rotatable bonds is 3. The SMILES string of the molecule is CC1CC(c2nnc(CCl)n2C(C)C)C1. The van der Waals surface area contributed by atoms with Crippen LogP contribution in [-0.4, -0.2) is 14.8 Å². The van der Waals surface area contributed by atoms with Gasteiger partial charge >= 0.3 is 0 Å². The van der Waals surface area contributed by atoms with Crippen LogP contribution in [0.4, 0.5) is 0 Å². The van der Waals surface area contributed by atoms with Gasteiger partial charge in [-0.25, -0.2) is 0 Å². The molecule has 4 heteroatoms. The summed E-state index contributed by atoms with van der Waals surface area (Å²) in [7, 11) is 0. The fraction of sp³-hybridized carbons (Fsp3) is 0.818. The Hall–Kier alpha value is -0.570. The molecular weight excluding hydrogens is 210 g/mol. The quantitative estimate of drug-likeness (QED) is 0.743. The van der Waals surface area contributed by atoms with Crippen LogP contribution in [0.2, 0.25) is 0 Å². The molecular formula is C11H18ClN3. The van der Waals surface area contributed by atoms with Crippen molar-refractivity contribution in [1.29, 1.82) is 0 Å². The van der Waals surface area contributed by atoms with Gasteiger partial charge in [0.1, 0.15) is 11.6 Å². The summed E-state index contributed by atoms with van der Waals surface area (Å²) in [6.45, 7) is 6.60. The summed E-state index contributed by atoms with van der Waals surface area (Å²) in [6, 6.07) is 0.402. The fourth-order valence-corrected chi connectivity index (χ4v) is 2.56. The van der Waals surface area contributed by atoms with E-state index in [2.05, 4.69) is 35.5 Å². The average molecular weight is 228 g/mol. The predicted molar refractivity (Wildman–Crippen MR) is 61.1 cm³/mol. The molecule has 0 bridgehead atoms. The summed E-state index contributed by atoms with van der Waals surface area (Å²) in [5.74, 6) is 3.94. The molecule has 1 aliphatic carbocycles. The highest BCUT2D eigenvalue weighted by Gasteiger charge is 2.32. The van der Waals surface area contributed by atoms with Gasteiger partial charge in [-0.2, -0.15) is 0 Å². The van der Waals surface area contributed by atoms with Gasteiger partial charge in [-0.3, -0.25) is 0 Å². The van der Waals surface area contributed by atoms with Crippen LogP contribution in [0.1, 0.15) is 57.2 Å². The Morgan fingerprint density at radius 3 is 2.53 bits per heavy atom. The van der Waals surface area contributed by atoms with Gasteiger partial charge in [0.05, 0.1) is 5.88 Å². The molecule has 0 spiro atoms. The maximum Gasteiger partial charge on any atom is 0.148 e. The van der Waals surface area contributed by atoms with Gasteiger partial charge in [0, 0.05) is 12.0 Å². The zero-order chi connectivity index (χ0) is 11.0. The first-order valence-corrected chi connectivity index (χ1v) is 6.16. The van der Waals surface area contributed by atoms with Crippen molar-refractivity contribution in [1.82, 2.24) is 14.8 Å². The van der Waals surface area contributed by atoms with Crippen molar-refractivity contribution in [2.24, 2.45) is 5.92 Å². The van der Waals surface area contributed by atoms with E-state index in [4.69, 9.17) is 11.6 Å². The van der Waals surface area contributed by atoms with Gasteiger partial charge in [0.2, 0.25) is 0 Å². The molecule has 2 rings (SSSR count). The summed E-state index contributed by atoms with van der Waals surface area (Å²) in [5.41, 5.74) is 0. The van der Waals surface area contributed by atoms with E-state index in [9.17, 15) is 0 Å². The third-order valence-electron chi connectivity index (χ3n) is 3.17. The minimum atomic E-state index is 0.402. The number of alkyl halides is 1. The summed E-state index contributed by atoms with van der Waals surface area (Å²) in [6.07, 6.45) is 2.49. The first-order valence-electron chi connectivity index (χ1n) is 5.63. The Morgan fingerprint density at radius 1 is 1.40 bits per heavy atom. The number of nitrogens with zero attached hydrogens (tertiary/aromatic N) is 3. The van der Waals surface area contributed by atoms with Crippen LogP contribution < -0.4 is 0 Å². The molecule has 84 valence electrons. The first-order chi connectivity index (χ1) is 7.13. The van der Waals surface area contributed by atoms with Gasteiger partial charge in [-0.05, 0) is 32.6 Å². The molecule has 0 amide bonds. The lowest BCUT2D eigenvalue weighted by Gasteiger charge is -2.32. The van der Waals surface area contributed by atoms with E-state index in [1.165, 1.54) is 12.8 Å². The molecule has 0 N–H and O–H groups in total. The minimum absolute atomic E-state index is 0.402.